The van der Waals surface area contributed by atoms with Crippen LogP contribution in [0.4, 0.5) is 13.2 Å². The number of hydrogen-bond acceptors (Lipinski definition) is 3. The number of carbonyl (C=O) groups is 1. The Labute approximate surface area is 63.4 Å². The summed E-state index contributed by atoms with van der Waals surface area (Å²) in [6.45, 7) is 0. The lowest BCUT2D eigenvalue weighted by Gasteiger charge is -2.01. The minimum Gasteiger partial charge on any atom is -0.476 e. The van der Waals surface area contributed by atoms with Gasteiger partial charge in [0.2, 0.25) is 0 Å². The van der Waals surface area contributed by atoms with Gasteiger partial charge in [-0.1, -0.05) is 5.21 Å². The van der Waals surface area contributed by atoms with Gasteiger partial charge < -0.3 is 5.11 Å². The minimum atomic E-state index is -4.72. The van der Waals surface area contributed by atoms with E-state index in [-0.39, 0.29) is 0 Å². The van der Waals surface area contributed by atoms with Crippen LogP contribution in [0, 0.1) is 0 Å². The molecule has 0 unspecified atom stereocenters. The number of aromatic nitrogens is 3. The number of aromatic carboxylic acids is 1. The second-order valence-electron chi connectivity index (χ2n) is 1.82. The minimum absolute atomic E-state index is 0.294. The van der Waals surface area contributed by atoms with Crippen LogP contribution in [0.15, 0.2) is 6.20 Å². The van der Waals surface area contributed by atoms with E-state index in [1.165, 1.54) is 0 Å². The Morgan fingerprint density at radius 1 is 1.58 bits per heavy atom. The molecule has 66 valence electrons. The van der Waals surface area contributed by atoms with Gasteiger partial charge in [0.05, 0.1) is 6.20 Å². The standard InChI is InChI=1S/C4H2F3N3O2/c5-4(6,7)10-1-2(3(11)12)8-9-10/h1H,(H,11,12). The van der Waals surface area contributed by atoms with Crippen molar-refractivity contribution in [2.24, 2.45) is 0 Å². The van der Waals surface area contributed by atoms with Gasteiger partial charge in [-0.05, 0) is 0 Å². The van der Waals surface area contributed by atoms with Crippen LogP contribution >= 0.6 is 0 Å². The summed E-state index contributed by atoms with van der Waals surface area (Å²) in [7, 11) is 0. The van der Waals surface area contributed by atoms with Crippen LogP contribution in [0.25, 0.3) is 0 Å². The fourth-order valence-corrected chi connectivity index (χ4v) is 0.486. The topological polar surface area (TPSA) is 68.0 Å². The molecule has 0 aromatic carbocycles. The molecule has 1 aromatic heterocycles. The molecule has 0 bridgehead atoms. The molecule has 12 heavy (non-hydrogen) atoms. The number of halogens is 3. The van der Waals surface area contributed by atoms with Crippen LogP contribution in [0.1, 0.15) is 10.5 Å². The quantitative estimate of drug-likeness (QED) is 0.682. The maximum atomic E-state index is 11.7. The fraction of sp³-hybridized carbons (Fsp3) is 0.250. The van der Waals surface area contributed by atoms with Crippen LogP contribution in [-0.4, -0.2) is 26.1 Å². The molecule has 0 amide bonds. The van der Waals surface area contributed by atoms with Gasteiger partial charge in [-0.2, -0.15) is 4.68 Å². The molecule has 0 atom stereocenters. The normalized spacial score (nSPS) is 11.6. The Balaban J connectivity index is 3.00. The second kappa shape index (κ2) is 2.47. The molecule has 1 rings (SSSR count). The van der Waals surface area contributed by atoms with E-state index in [4.69, 9.17) is 5.11 Å². The molecule has 1 heterocycles. The lowest BCUT2D eigenvalue weighted by atomic mass is 10.5. The van der Waals surface area contributed by atoms with Gasteiger partial charge >= 0.3 is 12.3 Å². The third-order valence-electron chi connectivity index (χ3n) is 0.972. The molecular formula is C4H2F3N3O2. The average Bonchev–Trinajstić information content (AvgIpc) is 2.30. The largest absolute Gasteiger partial charge is 0.505 e. The van der Waals surface area contributed by atoms with Crippen molar-refractivity contribution in [3.8, 4) is 0 Å². The van der Waals surface area contributed by atoms with E-state index in [9.17, 15) is 18.0 Å². The Bertz CT molecular complexity index is 305. The van der Waals surface area contributed by atoms with Crippen molar-refractivity contribution in [1.82, 2.24) is 15.0 Å². The van der Waals surface area contributed by atoms with Crippen LogP contribution < -0.4 is 0 Å². The SMILES string of the molecule is O=C(O)c1cn(C(F)(F)F)nn1. The fourth-order valence-electron chi connectivity index (χ4n) is 0.486. The van der Waals surface area contributed by atoms with Crippen LogP contribution in [0.5, 0.6) is 0 Å². The molecule has 1 N–H and O–H groups in total. The highest BCUT2D eigenvalue weighted by Gasteiger charge is 2.33. The number of carboxylic acids is 1. The average molecular weight is 181 g/mol. The number of rotatable bonds is 1. The first-order valence-corrected chi connectivity index (χ1v) is 2.64. The molecular weight excluding hydrogens is 179 g/mol. The summed E-state index contributed by atoms with van der Waals surface area (Å²) in [5.74, 6) is -1.55. The van der Waals surface area contributed by atoms with Gasteiger partial charge in [-0.3, -0.25) is 0 Å². The van der Waals surface area contributed by atoms with E-state index >= 15 is 0 Å². The summed E-state index contributed by atoms with van der Waals surface area (Å²) in [4.78, 5) is 10.1. The zero-order valence-electron chi connectivity index (χ0n) is 5.41. The summed E-state index contributed by atoms with van der Waals surface area (Å²) < 4.78 is 34.7. The summed E-state index contributed by atoms with van der Waals surface area (Å²) in [5.41, 5.74) is -0.743. The smallest absolute Gasteiger partial charge is 0.476 e. The highest BCUT2D eigenvalue weighted by atomic mass is 19.4. The molecule has 0 aliphatic heterocycles. The van der Waals surface area contributed by atoms with E-state index in [0.717, 1.165) is 0 Å². The monoisotopic (exact) mass is 181 g/mol. The molecule has 0 aliphatic rings. The lowest BCUT2D eigenvalue weighted by Crippen LogP contribution is -2.17. The predicted octanol–water partition coefficient (Wildman–Crippen LogP) is 0.453. The summed E-state index contributed by atoms with van der Waals surface area (Å²) in [5, 5.41) is 13.5. The highest BCUT2D eigenvalue weighted by molar-refractivity contribution is 5.84. The maximum Gasteiger partial charge on any atom is 0.505 e. The first-order chi connectivity index (χ1) is 5.41. The van der Waals surface area contributed by atoms with Gasteiger partial charge in [0.1, 0.15) is 0 Å². The molecule has 0 saturated carbocycles. The molecule has 1 aromatic rings. The van der Waals surface area contributed by atoms with Crippen molar-refractivity contribution in [3.63, 3.8) is 0 Å². The van der Waals surface area contributed by atoms with Crippen molar-refractivity contribution < 1.29 is 23.1 Å². The first kappa shape index (κ1) is 8.50. The van der Waals surface area contributed by atoms with Crippen LogP contribution in [0.3, 0.4) is 0 Å². The molecule has 8 heteroatoms. The number of carboxylic acid groups (broad SMARTS) is 1. The van der Waals surface area contributed by atoms with Crippen molar-refractivity contribution in [2.45, 2.75) is 6.30 Å². The van der Waals surface area contributed by atoms with E-state index in [1.807, 2.05) is 0 Å². The van der Waals surface area contributed by atoms with E-state index in [1.54, 1.807) is 0 Å². The van der Waals surface area contributed by atoms with E-state index in [0.29, 0.717) is 6.20 Å². The summed E-state index contributed by atoms with van der Waals surface area (Å²) in [6.07, 6.45) is -4.43. The third kappa shape index (κ3) is 1.52. The molecule has 0 radical (unpaired) electrons. The molecule has 0 fully saturated rings. The van der Waals surface area contributed by atoms with Gasteiger partial charge in [0, 0.05) is 0 Å². The zero-order chi connectivity index (χ0) is 9.35. The number of hydrogen-bond donors (Lipinski definition) is 1. The third-order valence-corrected chi connectivity index (χ3v) is 0.972. The van der Waals surface area contributed by atoms with Crippen molar-refractivity contribution in [1.29, 1.82) is 0 Å². The first-order valence-electron chi connectivity index (χ1n) is 2.64. The summed E-state index contributed by atoms with van der Waals surface area (Å²) in [6, 6.07) is 0. The van der Waals surface area contributed by atoms with Crippen molar-refractivity contribution in [3.05, 3.63) is 11.9 Å². The van der Waals surface area contributed by atoms with Gasteiger partial charge in [-0.15, -0.1) is 18.3 Å². The molecule has 5 nitrogen and oxygen atoms in total. The van der Waals surface area contributed by atoms with Gasteiger partial charge in [0.15, 0.2) is 5.69 Å². The molecule has 0 aliphatic carbocycles. The zero-order valence-corrected chi connectivity index (χ0v) is 5.41. The van der Waals surface area contributed by atoms with Crippen LogP contribution in [-0.2, 0) is 6.30 Å². The van der Waals surface area contributed by atoms with Crippen molar-refractivity contribution in [2.75, 3.05) is 0 Å². The second-order valence-corrected chi connectivity index (χ2v) is 1.82. The van der Waals surface area contributed by atoms with Crippen LogP contribution in [0.2, 0.25) is 0 Å². The predicted molar refractivity (Wildman–Crippen MR) is 28.3 cm³/mol. The Kier molecular flexibility index (Phi) is 1.75. The van der Waals surface area contributed by atoms with Crippen molar-refractivity contribution >= 4 is 5.97 Å². The van der Waals surface area contributed by atoms with E-state index < -0.39 is 22.6 Å². The van der Waals surface area contributed by atoms with E-state index in [2.05, 4.69) is 10.3 Å². The van der Waals surface area contributed by atoms with Gasteiger partial charge in [-0.25, -0.2) is 4.79 Å². The molecule has 0 saturated heterocycles. The highest BCUT2D eigenvalue weighted by Crippen LogP contribution is 2.20. The molecule has 0 spiro atoms. The summed E-state index contributed by atoms with van der Waals surface area (Å²) >= 11 is 0. The Morgan fingerprint density at radius 2 is 2.17 bits per heavy atom. The lowest BCUT2D eigenvalue weighted by molar-refractivity contribution is -0.213. The number of alkyl halides is 3. The van der Waals surface area contributed by atoms with Gasteiger partial charge in [0.25, 0.3) is 0 Å². The Morgan fingerprint density at radius 3 is 2.42 bits per heavy atom. The number of nitrogens with zero attached hydrogens (tertiary/aromatic N) is 3. The maximum absolute atomic E-state index is 11.7. The Hall–Kier alpha value is -1.60.